The highest BCUT2D eigenvalue weighted by Gasteiger charge is 2.35. The van der Waals surface area contributed by atoms with Crippen LogP contribution < -0.4 is 5.32 Å². The molecular formula is C23H26N4O2. The molecule has 0 spiro atoms. The summed E-state index contributed by atoms with van der Waals surface area (Å²) in [4.78, 5) is 15.3. The van der Waals surface area contributed by atoms with Gasteiger partial charge in [-0.3, -0.25) is 9.48 Å². The van der Waals surface area contributed by atoms with Crippen molar-refractivity contribution in [3.8, 4) is 0 Å². The standard InChI is InChI=1S/C23H26N4O2/c1-15-8-10-18(11-9-15)14-26-22(21-16(2)25-27(12-13-28)17(21)3)24-20-7-5-4-6-19(20)23(26)29/h4-11,22,24,28H,12-14H2,1-3H3/t22-/m1/s1. The molecule has 2 N–H and O–H groups in total. The Morgan fingerprint density at radius 2 is 1.79 bits per heavy atom. The van der Waals surface area contributed by atoms with Crippen molar-refractivity contribution >= 4 is 11.6 Å². The van der Waals surface area contributed by atoms with Crippen LogP contribution in [0.5, 0.6) is 0 Å². The maximum atomic E-state index is 13.4. The summed E-state index contributed by atoms with van der Waals surface area (Å²) in [6.45, 7) is 6.94. The van der Waals surface area contributed by atoms with Crippen LogP contribution in [0.2, 0.25) is 0 Å². The van der Waals surface area contributed by atoms with E-state index in [1.165, 1.54) is 5.56 Å². The minimum atomic E-state index is -0.328. The van der Waals surface area contributed by atoms with Crippen LogP contribution in [-0.4, -0.2) is 32.3 Å². The van der Waals surface area contributed by atoms with E-state index in [-0.39, 0.29) is 18.7 Å². The van der Waals surface area contributed by atoms with Gasteiger partial charge in [0.1, 0.15) is 6.17 Å². The Hall–Kier alpha value is -3.12. The molecule has 6 heteroatoms. The fraction of sp³-hybridized carbons (Fsp3) is 0.304. The van der Waals surface area contributed by atoms with Crippen molar-refractivity contribution < 1.29 is 9.90 Å². The van der Waals surface area contributed by atoms with Gasteiger partial charge in [-0.05, 0) is 38.5 Å². The van der Waals surface area contributed by atoms with Crippen LogP contribution in [0.4, 0.5) is 5.69 Å². The van der Waals surface area contributed by atoms with E-state index < -0.39 is 0 Å². The van der Waals surface area contributed by atoms with Crippen LogP contribution in [0, 0.1) is 20.8 Å². The average Bonchev–Trinajstić information content (AvgIpc) is 2.99. The van der Waals surface area contributed by atoms with E-state index >= 15 is 0 Å². The number of nitrogens with zero attached hydrogens (tertiary/aromatic N) is 3. The lowest BCUT2D eigenvalue weighted by Gasteiger charge is -2.38. The van der Waals surface area contributed by atoms with E-state index in [2.05, 4.69) is 41.6 Å². The number of aryl methyl sites for hydroxylation is 2. The molecule has 0 bridgehead atoms. The van der Waals surface area contributed by atoms with Crippen molar-refractivity contribution in [1.29, 1.82) is 0 Å². The summed E-state index contributed by atoms with van der Waals surface area (Å²) in [5.41, 5.74) is 6.56. The second kappa shape index (κ2) is 7.72. The van der Waals surface area contributed by atoms with Crippen LogP contribution in [0.25, 0.3) is 0 Å². The average molecular weight is 390 g/mol. The van der Waals surface area contributed by atoms with Crippen molar-refractivity contribution in [2.75, 3.05) is 11.9 Å². The van der Waals surface area contributed by atoms with Gasteiger partial charge in [-0.2, -0.15) is 5.10 Å². The molecule has 0 saturated heterocycles. The van der Waals surface area contributed by atoms with Crippen LogP contribution in [-0.2, 0) is 13.1 Å². The molecule has 0 fully saturated rings. The van der Waals surface area contributed by atoms with Gasteiger partial charge in [-0.25, -0.2) is 0 Å². The number of aliphatic hydroxyl groups is 1. The summed E-state index contributed by atoms with van der Waals surface area (Å²) in [5.74, 6) is -0.00127. The fourth-order valence-electron chi connectivity index (χ4n) is 3.99. The number of fused-ring (bicyclic) bond motifs is 1. The highest BCUT2D eigenvalue weighted by Crippen LogP contribution is 2.36. The van der Waals surface area contributed by atoms with Crippen molar-refractivity contribution in [3.05, 3.63) is 82.2 Å². The summed E-state index contributed by atoms with van der Waals surface area (Å²) in [5, 5.41) is 17.5. The number of amides is 1. The van der Waals surface area contributed by atoms with Gasteiger partial charge in [0, 0.05) is 23.5 Å². The number of para-hydroxylation sites is 1. The largest absolute Gasteiger partial charge is 0.394 e. The van der Waals surface area contributed by atoms with E-state index in [9.17, 15) is 9.90 Å². The summed E-state index contributed by atoms with van der Waals surface area (Å²) < 4.78 is 1.81. The number of rotatable bonds is 5. The smallest absolute Gasteiger partial charge is 0.258 e. The second-order valence-electron chi connectivity index (χ2n) is 7.54. The van der Waals surface area contributed by atoms with Crippen molar-refractivity contribution in [3.63, 3.8) is 0 Å². The highest BCUT2D eigenvalue weighted by atomic mass is 16.3. The number of carbonyl (C=O) groups is 1. The van der Waals surface area contributed by atoms with Gasteiger partial charge in [-0.15, -0.1) is 0 Å². The fourth-order valence-corrected chi connectivity index (χ4v) is 3.99. The van der Waals surface area contributed by atoms with Crippen molar-refractivity contribution in [2.24, 2.45) is 0 Å². The normalized spacial score (nSPS) is 15.9. The Kier molecular flexibility index (Phi) is 5.11. The number of aromatic nitrogens is 2. The van der Waals surface area contributed by atoms with Crippen molar-refractivity contribution in [1.82, 2.24) is 14.7 Å². The van der Waals surface area contributed by atoms with Gasteiger partial charge in [0.15, 0.2) is 0 Å². The Labute approximate surface area is 170 Å². The zero-order chi connectivity index (χ0) is 20.5. The van der Waals surface area contributed by atoms with Gasteiger partial charge >= 0.3 is 0 Å². The summed E-state index contributed by atoms with van der Waals surface area (Å²) in [6.07, 6.45) is -0.328. The maximum absolute atomic E-state index is 13.4. The summed E-state index contributed by atoms with van der Waals surface area (Å²) >= 11 is 0. The van der Waals surface area contributed by atoms with Gasteiger partial charge in [0.2, 0.25) is 0 Å². The molecule has 6 nitrogen and oxygen atoms in total. The van der Waals surface area contributed by atoms with Gasteiger partial charge in [0.05, 0.1) is 24.4 Å². The summed E-state index contributed by atoms with van der Waals surface area (Å²) in [7, 11) is 0. The first-order valence-corrected chi connectivity index (χ1v) is 9.86. The SMILES string of the molecule is Cc1ccc(CN2C(=O)c3ccccc3N[C@H]2c2c(C)nn(CCO)c2C)cc1. The number of carbonyl (C=O) groups excluding carboxylic acids is 1. The molecule has 1 aliphatic heterocycles. The topological polar surface area (TPSA) is 70.4 Å². The third-order valence-electron chi connectivity index (χ3n) is 5.52. The van der Waals surface area contributed by atoms with Gasteiger partial charge < -0.3 is 15.3 Å². The van der Waals surface area contributed by atoms with E-state index in [0.29, 0.717) is 18.7 Å². The first kappa shape index (κ1) is 19.2. The van der Waals surface area contributed by atoms with E-state index in [1.54, 1.807) is 4.68 Å². The molecule has 0 aliphatic carbocycles. The zero-order valence-electron chi connectivity index (χ0n) is 17.0. The molecule has 4 rings (SSSR count). The minimum absolute atomic E-state index is 0.00127. The van der Waals surface area contributed by atoms with E-state index in [4.69, 9.17) is 0 Å². The first-order chi connectivity index (χ1) is 14.0. The van der Waals surface area contributed by atoms with Crippen LogP contribution in [0.1, 0.15) is 44.6 Å². The quantitative estimate of drug-likeness (QED) is 0.699. The molecule has 2 aromatic carbocycles. The lowest BCUT2D eigenvalue weighted by molar-refractivity contribution is 0.0665. The molecule has 1 amide bonds. The number of nitrogens with one attached hydrogen (secondary N) is 1. The van der Waals surface area contributed by atoms with Gasteiger partial charge in [-0.1, -0.05) is 42.0 Å². The Balaban J connectivity index is 1.79. The Morgan fingerprint density at radius 1 is 1.07 bits per heavy atom. The molecule has 1 aliphatic rings. The molecule has 1 atom stereocenters. The molecule has 0 unspecified atom stereocenters. The van der Waals surface area contributed by atoms with Crippen molar-refractivity contribution in [2.45, 2.75) is 40.0 Å². The number of hydrogen-bond donors (Lipinski definition) is 2. The lowest BCUT2D eigenvalue weighted by Crippen LogP contribution is -2.42. The predicted octanol–water partition coefficient (Wildman–Crippen LogP) is 3.57. The molecule has 29 heavy (non-hydrogen) atoms. The summed E-state index contributed by atoms with van der Waals surface area (Å²) in [6, 6.07) is 15.9. The second-order valence-corrected chi connectivity index (χ2v) is 7.54. The number of aliphatic hydroxyl groups excluding tert-OH is 1. The molecule has 2 heterocycles. The van der Waals surface area contributed by atoms with Crippen LogP contribution in [0.15, 0.2) is 48.5 Å². The highest BCUT2D eigenvalue weighted by molar-refractivity contribution is 6.01. The van der Waals surface area contributed by atoms with E-state index in [0.717, 1.165) is 28.2 Å². The number of hydrogen-bond acceptors (Lipinski definition) is 4. The number of benzene rings is 2. The minimum Gasteiger partial charge on any atom is -0.394 e. The Bertz CT molecular complexity index is 1040. The van der Waals surface area contributed by atoms with Crippen LogP contribution in [0.3, 0.4) is 0 Å². The predicted molar refractivity (Wildman–Crippen MR) is 113 cm³/mol. The lowest BCUT2D eigenvalue weighted by atomic mass is 10.0. The zero-order valence-corrected chi connectivity index (χ0v) is 17.0. The number of anilines is 1. The van der Waals surface area contributed by atoms with Crippen LogP contribution >= 0.6 is 0 Å². The van der Waals surface area contributed by atoms with Gasteiger partial charge in [0.25, 0.3) is 5.91 Å². The Morgan fingerprint density at radius 3 is 2.52 bits per heavy atom. The monoisotopic (exact) mass is 390 g/mol. The maximum Gasteiger partial charge on any atom is 0.258 e. The first-order valence-electron chi connectivity index (χ1n) is 9.86. The third kappa shape index (κ3) is 3.51. The molecular weight excluding hydrogens is 364 g/mol. The third-order valence-corrected chi connectivity index (χ3v) is 5.52. The molecule has 0 saturated carbocycles. The molecule has 150 valence electrons. The molecule has 3 aromatic rings. The molecule has 0 radical (unpaired) electrons. The molecule has 1 aromatic heterocycles. The van der Waals surface area contributed by atoms with E-state index in [1.807, 2.05) is 43.0 Å².